The third-order valence-corrected chi connectivity index (χ3v) is 5.31. The predicted octanol–water partition coefficient (Wildman–Crippen LogP) is 3.83. The van der Waals surface area contributed by atoms with E-state index in [0.29, 0.717) is 11.0 Å². The molecule has 0 aliphatic carbocycles. The summed E-state index contributed by atoms with van der Waals surface area (Å²) >= 11 is 3.55. The summed E-state index contributed by atoms with van der Waals surface area (Å²) < 4.78 is 8.32. The van der Waals surface area contributed by atoms with Crippen molar-refractivity contribution in [3.05, 3.63) is 52.1 Å². The largest absolute Gasteiger partial charge is 0.496 e. The number of ether oxygens (including phenoxy) is 1. The second kappa shape index (κ2) is 8.54. The van der Waals surface area contributed by atoms with Gasteiger partial charge < -0.3 is 14.6 Å². The summed E-state index contributed by atoms with van der Waals surface area (Å²) in [5.41, 5.74) is 1.65. The van der Waals surface area contributed by atoms with E-state index in [1.807, 2.05) is 60.1 Å². The Morgan fingerprint density at radius 1 is 1.23 bits per heavy atom. The van der Waals surface area contributed by atoms with Crippen LogP contribution in [0.2, 0.25) is 0 Å². The van der Waals surface area contributed by atoms with E-state index in [-0.39, 0.29) is 11.7 Å². The van der Waals surface area contributed by atoms with Gasteiger partial charge in [0, 0.05) is 16.3 Å². The lowest BCUT2D eigenvalue weighted by atomic mass is 10.2. The van der Waals surface area contributed by atoms with Gasteiger partial charge in [0.25, 0.3) is 0 Å². The van der Waals surface area contributed by atoms with Gasteiger partial charge in [-0.25, -0.2) is 0 Å². The van der Waals surface area contributed by atoms with Crippen LogP contribution in [0.1, 0.15) is 0 Å². The van der Waals surface area contributed by atoms with Crippen LogP contribution in [-0.4, -0.2) is 33.5 Å². The van der Waals surface area contributed by atoms with Crippen LogP contribution in [-0.2, 0) is 11.8 Å². The lowest BCUT2D eigenvalue weighted by Crippen LogP contribution is -2.14. The van der Waals surface area contributed by atoms with Crippen LogP contribution < -0.4 is 10.1 Å². The fourth-order valence-corrected chi connectivity index (χ4v) is 3.65. The van der Waals surface area contributed by atoms with Crippen LogP contribution in [0.15, 0.2) is 53.7 Å². The van der Waals surface area contributed by atoms with Crippen molar-refractivity contribution in [1.29, 1.82) is 0 Å². The number of rotatable bonds is 6. The molecule has 6 nitrogen and oxygen atoms in total. The molecule has 0 atom stereocenters. The first kappa shape index (κ1) is 18.7. The highest BCUT2D eigenvalue weighted by Gasteiger charge is 2.15. The summed E-state index contributed by atoms with van der Waals surface area (Å²) in [5, 5.41) is 12.0. The highest BCUT2D eigenvalue weighted by atomic mass is 127. The first-order valence-electron chi connectivity index (χ1n) is 7.79. The molecule has 0 fully saturated rings. The lowest BCUT2D eigenvalue weighted by molar-refractivity contribution is -0.113. The van der Waals surface area contributed by atoms with E-state index in [4.69, 9.17) is 4.74 Å². The van der Waals surface area contributed by atoms with Crippen molar-refractivity contribution in [2.45, 2.75) is 5.16 Å². The Morgan fingerprint density at radius 2 is 2.04 bits per heavy atom. The molecule has 26 heavy (non-hydrogen) atoms. The molecular formula is C18H17IN4O2S. The number of nitrogens with one attached hydrogen (secondary N) is 1. The minimum absolute atomic E-state index is 0.0844. The molecule has 0 aliphatic rings. The minimum Gasteiger partial charge on any atom is -0.496 e. The summed E-state index contributed by atoms with van der Waals surface area (Å²) in [6.07, 6.45) is 0. The molecule has 0 radical (unpaired) electrons. The molecule has 8 heteroatoms. The average Bonchev–Trinajstić information content (AvgIpc) is 3.00. The third kappa shape index (κ3) is 4.36. The number of halogens is 1. The Bertz CT molecular complexity index is 929. The van der Waals surface area contributed by atoms with E-state index in [9.17, 15) is 4.79 Å². The van der Waals surface area contributed by atoms with E-state index in [0.717, 1.165) is 20.6 Å². The van der Waals surface area contributed by atoms with Gasteiger partial charge in [0.2, 0.25) is 5.91 Å². The smallest absolute Gasteiger partial charge is 0.234 e. The molecule has 0 bridgehead atoms. The third-order valence-electron chi connectivity index (χ3n) is 3.62. The number of hydrogen-bond acceptors (Lipinski definition) is 5. The summed E-state index contributed by atoms with van der Waals surface area (Å²) in [5.74, 6) is 1.60. The molecule has 0 saturated heterocycles. The van der Waals surface area contributed by atoms with Gasteiger partial charge in [-0.05, 0) is 52.9 Å². The monoisotopic (exact) mass is 480 g/mol. The molecule has 1 amide bonds. The number of amides is 1. The van der Waals surface area contributed by atoms with Crippen LogP contribution in [0.25, 0.3) is 11.4 Å². The molecule has 134 valence electrons. The Kier molecular flexibility index (Phi) is 6.15. The molecule has 2 aromatic carbocycles. The van der Waals surface area contributed by atoms with Crippen LogP contribution in [0.5, 0.6) is 5.75 Å². The Hall–Kier alpha value is -2.07. The molecule has 1 aromatic heterocycles. The van der Waals surface area contributed by atoms with Gasteiger partial charge in [-0.15, -0.1) is 10.2 Å². The SMILES string of the molecule is COc1ccccc1-c1nnc(SCC(=O)Nc2cccc(I)c2)n1C. The Balaban J connectivity index is 1.68. The molecule has 3 aromatic rings. The van der Waals surface area contributed by atoms with Gasteiger partial charge in [0.05, 0.1) is 18.4 Å². The highest BCUT2D eigenvalue weighted by Crippen LogP contribution is 2.30. The van der Waals surface area contributed by atoms with Crippen molar-refractivity contribution >= 4 is 45.9 Å². The maximum absolute atomic E-state index is 12.2. The maximum atomic E-state index is 12.2. The van der Waals surface area contributed by atoms with E-state index < -0.39 is 0 Å². The van der Waals surface area contributed by atoms with Crippen LogP contribution in [0.3, 0.4) is 0 Å². The van der Waals surface area contributed by atoms with Gasteiger partial charge in [-0.1, -0.05) is 30.0 Å². The van der Waals surface area contributed by atoms with Crippen molar-refractivity contribution in [1.82, 2.24) is 14.8 Å². The molecule has 0 saturated carbocycles. The van der Waals surface area contributed by atoms with Gasteiger partial charge in [-0.2, -0.15) is 0 Å². The fraction of sp³-hybridized carbons (Fsp3) is 0.167. The van der Waals surface area contributed by atoms with Crippen molar-refractivity contribution in [2.24, 2.45) is 7.05 Å². The van der Waals surface area contributed by atoms with E-state index in [1.54, 1.807) is 7.11 Å². The van der Waals surface area contributed by atoms with Crippen molar-refractivity contribution < 1.29 is 9.53 Å². The normalized spacial score (nSPS) is 10.6. The molecular weight excluding hydrogens is 463 g/mol. The standard InChI is InChI=1S/C18H17IN4O2S/c1-23-17(14-8-3-4-9-15(14)25-2)21-22-18(23)26-11-16(24)20-13-7-5-6-12(19)10-13/h3-10H,11H2,1-2H3,(H,20,24). The summed E-state index contributed by atoms with van der Waals surface area (Å²) in [7, 11) is 3.50. The molecule has 1 N–H and O–H groups in total. The minimum atomic E-state index is -0.0844. The number of hydrogen-bond donors (Lipinski definition) is 1. The Labute approximate surface area is 169 Å². The van der Waals surface area contributed by atoms with Gasteiger partial charge in [-0.3, -0.25) is 4.79 Å². The maximum Gasteiger partial charge on any atom is 0.234 e. The zero-order chi connectivity index (χ0) is 18.5. The zero-order valence-corrected chi connectivity index (χ0v) is 17.2. The topological polar surface area (TPSA) is 69.0 Å². The van der Waals surface area contributed by atoms with Crippen molar-refractivity contribution in [2.75, 3.05) is 18.2 Å². The Morgan fingerprint density at radius 3 is 2.81 bits per heavy atom. The zero-order valence-electron chi connectivity index (χ0n) is 14.3. The number of aromatic nitrogens is 3. The van der Waals surface area contributed by atoms with E-state index >= 15 is 0 Å². The number of benzene rings is 2. The average molecular weight is 480 g/mol. The summed E-state index contributed by atoms with van der Waals surface area (Å²) in [6.45, 7) is 0. The van der Waals surface area contributed by atoms with E-state index in [2.05, 4.69) is 38.1 Å². The quantitative estimate of drug-likeness (QED) is 0.429. The first-order chi connectivity index (χ1) is 12.6. The summed E-state index contributed by atoms with van der Waals surface area (Å²) in [6, 6.07) is 15.3. The number of para-hydroxylation sites is 1. The molecule has 0 aliphatic heterocycles. The van der Waals surface area contributed by atoms with Crippen LogP contribution >= 0.6 is 34.4 Å². The van der Waals surface area contributed by atoms with Crippen molar-refractivity contribution in [3.8, 4) is 17.1 Å². The number of carbonyl (C=O) groups is 1. The number of anilines is 1. The number of nitrogens with zero attached hydrogens (tertiary/aromatic N) is 3. The van der Waals surface area contributed by atoms with Crippen LogP contribution in [0.4, 0.5) is 5.69 Å². The fourth-order valence-electron chi connectivity index (χ4n) is 2.40. The van der Waals surface area contributed by atoms with Crippen LogP contribution in [0, 0.1) is 3.57 Å². The second-order valence-corrected chi connectivity index (χ2v) is 7.60. The van der Waals surface area contributed by atoms with Crippen molar-refractivity contribution in [3.63, 3.8) is 0 Å². The predicted molar refractivity (Wildman–Crippen MR) is 112 cm³/mol. The number of methoxy groups -OCH3 is 1. The molecule has 0 unspecified atom stereocenters. The summed E-state index contributed by atoms with van der Waals surface area (Å²) in [4.78, 5) is 12.2. The molecule has 1 heterocycles. The number of carbonyl (C=O) groups excluding carboxylic acids is 1. The molecule has 0 spiro atoms. The van der Waals surface area contributed by atoms with Gasteiger partial charge in [0.1, 0.15) is 5.75 Å². The van der Waals surface area contributed by atoms with Gasteiger partial charge >= 0.3 is 0 Å². The van der Waals surface area contributed by atoms with Gasteiger partial charge in [0.15, 0.2) is 11.0 Å². The van der Waals surface area contributed by atoms with E-state index in [1.165, 1.54) is 11.8 Å². The second-order valence-electron chi connectivity index (χ2n) is 5.41. The number of thioether (sulfide) groups is 1. The lowest BCUT2D eigenvalue weighted by Gasteiger charge is -2.08. The molecule has 3 rings (SSSR count). The first-order valence-corrected chi connectivity index (χ1v) is 9.86. The highest BCUT2D eigenvalue weighted by molar-refractivity contribution is 14.1.